The number of rotatable bonds is 8. The molecule has 0 saturated heterocycles. The quantitative estimate of drug-likeness (QED) is 0.143. The Morgan fingerprint density at radius 1 is 0.760 bits per heavy atom. The van der Waals surface area contributed by atoms with Gasteiger partial charge in [0.25, 0.3) is 0 Å². The monoisotopic (exact) mass is 841 g/mol. The zero-order valence-corrected chi connectivity index (χ0v) is 32.3. The predicted molar refractivity (Wildman–Crippen MR) is 202 cm³/mol. The normalized spacial score (nSPS) is 11.3. The second-order valence-corrected chi connectivity index (χ2v) is 13.5. The molecule has 7 rings (SSSR count). The van der Waals surface area contributed by atoms with Gasteiger partial charge in [-0.05, 0) is 78.2 Å². The summed E-state index contributed by atoms with van der Waals surface area (Å²) in [5.41, 5.74) is 12.5. The average Bonchev–Trinajstić information content (AvgIpc) is 3.70. The topological polar surface area (TPSA) is 51.4 Å². The molecule has 0 saturated carbocycles. The van der Waals surface area contributed by atoms with Crippen molar-refractivity contribution in [3.8, 4) is 34.1 Å². The van der Waals surface area contributed by atoms with Gasteiger partial charge >= 0.3 is 21.1 Å². The fraction of sp³-hybridized carbons (Fsp3) is 0.238. The maximum Gasteiger partial charge on any atom is 2.00 e. The minimum absolute atomic E-state index is 0. The van der Waals surface area contributed by atoms with Crippen LogP contribution in [0.3, 0.4) is 0 Å². The first-order valence-corrected chi connectivity index (χ1v) is 16.7. The summed E-state index contributed by atoms with van der Waals surface area (Å²) in [6.45, 7) is 11.0. The number of anilines is 2. The number of pyridine rings is 1. The van der Waals surface area contributed by atoms with E-state index in [0.29, 0.717) is 17.4 Å². The van der Waals surface area contributed by atoms with E-state index in [2.05, 4.69) is 138 Å². The number of hydrogen-bond acceptors (Lipinski definition) is 5. The molecule has 0 fully saturated rings. The van der Waals surface area contributed by atoms with Gasteiger partial charge in [-0.15, -0.1) is 35.7 Å². The van der Waals surface area contributed by atoms with E-state index in [4.69, 9.17) is 14.8 Å². The van der Waals surface area contributed by atoms with Gasteiger partial charge in [-0.1, -0.05) is 37.6 Å². The molecule has 4 aromatic carbocycles. The van der Waals surface area contributed by atoms with Crippen molar-refractivity contribution in [3.63, 3.8) is 0 Å². The van der Waals surface area contributed by atoms with Crippen LogP contribution in [0.5, 0.6) is 11.5 Å². The second-order valence-electron chi connectivity index (χ2n) is 13.5. The van der Waals surface area contributed by atoms with E-state index in [1.54, 1.807) is 0 Å². The van der Waals surface area contributed by atoms with E-state index in [-0.39, 0.29) is 21.1 Å². The van der Waals surface area contributed by atoms with Crippen LogP contribution in [0.15, 0.2) is 85.3 Å². The maximum atomic E-state index is 6.44. The number of nitrogens with zero attached hydrogens (tertiary/aromatic N) is 6. The number of ether oxygens (including phenoxy) is 1. The zero-order valence-electron chi connectivity index (χ0n) is 30.1. The number of hydrogen-bond donors (Lipinski definition) is 0. The van der Waals surface area contributed by atoms with Gasteiger partial charge in [-0.25, -0.2) is 4.98 Å². The molecule has 0 aliphatic carbocycles. The van der Waals surface area contributed by atoms with Crippen molar-refractivity contribution in [2.75, 3.05) is 38.0 Å². The third kappa shape index (κ3) is 6.09. The molecule has 0 spiro atoms. The first kappa shape index (κ1) is 35.0. The Morgan fingerprint density at radius 3 is 2.16 bits per heavy atom. The maximum absolute atomic E-state index is 6.44. The van der Waals surface area contributed by atoms with Crippen LogP contribution in [-0.4, -0.2) is 47.5 Å². The molecular weight excluding hydrogens is 800 g/mol. The van der Waals surface area contributed by atoms with E-state index in [1.165, 1.54) is 39.2 Å². The summed E-state index contributed by atoms with van der Waals surface area (Å²) in [7, 11) is 8.41. The van der Waals surface area contributed by atoms with Gasteiger partial charge in [-0.3, -0.25) is 4.68 Å². The largest absolute Gasteiger partial charge is 2.00 e. The third-order valence-corrected chi connectivity index (χ3v) is 9.52. The van der Waals surface area contributed by atoms with Crippen molar-refractivity contribution in [3.05, 3.63) is 120 Å². The fourth-order valence-electron chi connectivity index (χ4n) is 6.93. The van der Waals surface area contributed by atoms with Crippen LogP contribution in [-0.2, 0) is 21.1 Å². The van der Waals surface area contributed by atoms with E-state index in [1.807, 2.05) is 41.3 Å². The number of para-hydroxylation sites is 1. The molecule has 0 aliphatic rings. The van der Waals surface area contributed by atoms with E-state index in [9.17, 15) is 0 Å². The molecule has 3 aromatic heterocycles. The van der Waals surface area contributed by atoms with Gasteiger partial charge in [0.1, 0.15) is 5.82 Å². The average molecular weight is 842 g/mol. The first-order chi connectivity index (χ1) is 23.5. The molecule has 0 radical (unpaired) electrons. The van der Waals surface area contributed by atoms with E-state index < -0.39 is 0 Å². The van der Waals surface area contributed by atoms with Crippen molar-refractivity contribution >= 4 is 33.2 Å². The molecule has 50 heavy (non-hydrogen) atoms. The molecule has 0 atom stereocenters. The summed E-state index contributed by atoms with van der Waals surface area (Å²) in [5.74, 6) is 2.44. The molecule has 0 bridgehead atoms. The molecule has 0 aliphatic heterocycles. The Hall–Kier alpha value is -4.87. The SMILES string of the molecule is Cc1c(C)c(N(C)C)c(-c2cnn(-c3[c-]c(Oc4[c-]c5c(cc4)c4ccccc4n5-c4cc(C(C)C)ccn4)ccc3)c2)c(N(C)C)c1C.[Pt+2]. The summed E-state index contributed by atoms with van der Waals surface area (Å²) >= 11 is 0. The molecule has 3 heterocycles. The summed E-state index contributed by atoms with van der Waals surface area (Å²) in [4.78, 5) is 9.17. The van der Waals surface area contributed by atoms with Crippen molar-refractivity contribution < 1.29 is 25.8 Å². The van der Waals surface area contributed by atoms with Crippen molar-refractivity contribution in [2.45, 2.75) is 40.5 Å². The molecule has 0 unspecified atom stereocenters. The van der Waals surface area contributed by atoms with Crippen LogP contribution >= 0.6 is 0 Å². The fourth-order valence-corrected chi connectivity index (χ4v) is 6.93. The van der Waals surface area contributed by atoms with Gasteiger partial charge < -0.3 is 19.1 Å². The van der Waals surface area contributed by atoms with Crippen LogP contribution in [0.25, 0.3) is 44.4 Å². The van der Waals surface area contributed by atoms with E-state index >= 15 is 0 Å². The number of fused-ring (bicyclic) bond motifs is 3. The van der Waals surface area contributed by atoms with Gasteiger partial charge in [0.15, 0.2) is 0 Å². The summed E-state index contributed by atoms with van der Waals surface area (Å²) in [6, 6.07) is 29.6. The van der Waals surface area contributed by atoms with Crippen LogP contribution in [0.1, 0.15) is 42.0 Å². The molecule has 7 aromatic rings. The summed E-state index contributed by atoms with van der Waals surface area (Å²) in [5, 5.41) is 7.04. The minimum atomic E-state index is 0. The first-order valence-electron chi connectivity index (χ1n) is 16.7. The van der Waals surface area contributed by atoms with Crippen LogP contribution in [0.4, 0.5) is 11.4 Å². The molecule has 7 nitrogen and oxygen atoms in total. The van der Waals surface area contributed by atoms with Crippen LogP contribution in [0.2, 0.25) is 0 Å². The molecule has 0 N–H and O–H groups in total. The molecule has 256 valence electrons. The van der Waals surface area contributed by atoms with Gasteiger partial charge in [0.05, 0.1) is 6.20 Å². The summed E-state index contributed by atoms with van der Waals surface area (Å²) in [6.07, 6.45) is 5.90. The van der Waals surface area contributed by atoms with Gasteiger partial charge in [0.2, 0.25) is 0 Å². The Kier molecular flexibility index (Phi) is 9.65. The zero-order chi connectivity index (χ0) is 34.6. The Balaban J connectivity index is 0.00000432. The van der Waals surface area contributed by atoms with E-state index in [0.717, 1.165) is 38.9 Å². The van der Waals surface area contributed by atoms with Crippen molar-refractivity contribution in [2.24, 2.45) is 0 Å². The van der Waals surface area contributed by atoms with Gasteiger partial charge in [-0.2, -0.15) is 17.2 Å². The van der Waals surface area contributed by atoms with Crippen molar-refractivity contribution in [1.82, 2.24) is 19.3 Å². The Morgan fingerprint density at radius 2 is 1.46 bits per heavy atom. The standard InChI is InChI=1S/C42H42N6O.Pt/c1-26(2)30-19-20-43-39(21-30)48-37-16-11-10-15-35(37)36-18-17-34(23-38(36)48)49-33-14-12-13-32(22-33)47-25-31(24-44-47)40-41(45(6)7)28(4)27(3)29(5)42(40)46(8)9;/h10-21,24-26H,1-9H3;/q-2;+2. The van der Waals surface area contributed by atoms with Crippen molar-refractivity contribution in [1.29, 1.82) is 0 Å². The third-order valence-electron chi connectivity index (χ3n) is 9.52. The van der Waals surface area contributed by atoms with Crippen LogP contribution < -0.4 is 14.5 Å². The second kappa shape index (κ2) is 13.8. The smallest absolute Gasteiger partial charge is 0.509 e. The Labute approximate surface area is 309 Å². The predicted octanol–water partition coefficient (Wildman–Crippen LogP) is 9.60. The molecule has 8 heteroatoms. The van der Waals surface area contributed by atoms with Gasteiger partial charge in [0, 0.05) is 80.1 Å². The molecule has 0 amide bonds. The summed E-state index contributed by atoms with van der Waals surface area (Å²) < 4.78 is 10.5. The number of benzene rings is 4. The van der Waals surface area contributed by atoms with Crippen LogP contribution in [0, 0.1) is 32.9 Å². The Bertz CT molecular complexity index is 2310. The molecular formula is C42H42N6OPt. The number of aromatic nitrogens is 4. The minimum Gasteiger partial charge on any atom is -0.509 e.